The predicted octanol–water partition coefficient (Wildman–Crippen LogP) is 3.43. The summed E-state index contributed by atoms with van der Waals surface area (Å²) >= 11 is 0. The molecule has 0 fully saturated rings. The minimum absolute atomic E-state index is 0.195. The van der Waals surface area contributed by atoms with Gasteiger partial charge in [-0.3, -0.25) is 9.69 Å². The zero-order chi connectivity index (χ0) is 21.5. The van der Waals surface area contributed by atoms with Gasteiger partial charge >= 0.3 is 6.18 Å². The summed E-state index contributed by atoms with van der Waals surface area (Å²) in [6.45, 7) is 1.46. The third-order valence-electron chi connectivity index (χ3n) is 5.08. The smallest absolute Gasteiger partial charge is 0.416 e. The number of halogens is 3. The fourth-order valence-corrected chi connectivity index (χ4v) is 3.50. The van der Waals surface area contributed by atoms with E-state index in [2.05, 4.69) is 9.97 Å². The molecule has 9 heteroatoms. The van der Waals surface area contributed by atoms with E-state index in [0.29, 0.717) is 42.9 Å². The molecule has 0 amide bonds. The molecule has 0 saturated carbocycles. The number of rotatable bonds is 3. The second kappa shape index (κ2) is 7.49. The van der Waals surface area contributed by atoms with E-state index in [-0.39, 0.29) is 22.9 Å². The number of alkyl halides is 3. The van der Waals surface area contributed by atoms with E-state index >= 15 is 0 Å². The number of nitrogens with zero attached hydrogens (tertiary/aromatic N) is 2. The number of fused-ring (bicyclic) bond motifs is 1. The summed E-state index contributed by atoms with van der Waals surface area (Å²) in [5.74, 6) is -0.158. The van der Waals surface area contributed by atoms with E-state index in [9.17, 15) is 28.2 Å². The lowest BCUT2D eigenvalue weighted by Crippen LogP contribution is -2.35. The summed E-state index contributed by atoms with van der Waals surface area (Å²) in [5, 5.41) is 19.1. The number of H-pyrrole nitrogens is 1. The van der Waals surface area contributed by atoms with Gasteiger partial charge in [-0.1, -0.05) is 18.2 Å². The molecule has 2 aromatic carbocycles. The van der Waals surface area contributed by atoms with E-state index < -0.39 is 11.7 Å². The highest BCUT2D eigenvalue weighted by Crippen LogP contribution is 2.30. The second-order valence-corrected chi connectivity index (χ2v) is 7.20. The van der Waals surface area contributed by atoms with Gasteiger partial charge in [0.1, 0.15) is 5.82 Å². The van der Waals surface area contributed by atoms with E-state index in [1.54, 1.807) is 6.07 Å². The van der Waals surface area contributed by atoms with Crippen LogP contribution < -0.4 is 5.56 Å². The highest BCUT2D eigenvalue weighted by molar-refractivity contribution is 5.56. The first-order valence-corrected chi connectivity index (χ1v) is 9.23. The Morgan fingerprint density at radius 2 is 1.80 bits per heavy atom. The summed E-state index contributed by atoms with van der Waals surface area (Å²) < 4.78 is 38.2. The number of phenols is 2. The second-order valence-electron chi connectivity index (χ2n) is 7.20. The standard InChI is InChI=1S/C21H18F3N3O3/c22-21(23,24)14-4-2-13(3-5-14)19-25-16-7-8-27(11-15(16)20(30)26-19)10-12-1-6-17(28)18(29)9-12/h1-6,9,28-29H,7-8,10-11H2,(H,25,26,30). The molecule has 0 aliphatic carbocycles. The van der Waals surface area contributed by atoms with Crippen molar-refractivity contribution in [1.29, 1.82) is 0 Å². The van der Waals surface area contributed by atoms with Crippen molar-refractivity contribution in [3.63, 3.8) is 0 Å². The molecule has 1 aromatic heterocycles. The van der Waals surface area contributed by atoms with Gasteiger partial charge in [-0.25, -0.2) is 4.98 Å². The van der Waals surface area contributed by atoms with Crippen LogP contribution in [0.15, 0.2) is 47.3 Å². The maximum Gasteiger partial charge on any atom is 0.416 e. The molecule has 30 heavy (non-hydrogen) atoms. The van der Waals surface area contributed by atoms with Gasteiger partial charge in [0, 0.05) is 31.6 Å². The molecule has 0 spiro atoms. The number of aromatic hydroxyl groups is 2. The van der Waals surface area contributed by atoms with Gasteiger partial charge in [-0.2, -0.15) is 13.2 Å². The summed E-state index contributed by atoms with van der Waals surface area (Å²) in [5.41, 5.74) is 1.25. The highest BCUT2D eigenvalue weighted by Gasteiger charge is 2.30. The Balaban J connectivity index is 1.55. The normalized spacial score (nSPS) is 14.5. The number of hydrogen-bond donors (Lipinski definition) is 3. The number of aromatic nitrogens is 2. The van der Waals surface area contributed by atoms with Crippen molar-refractivity contribution < 1.29 is 23.4 Å². The van der Waals surface area contributed by atoms with Crippen LogP contribution in [-0.2, 0) is 25.7 Å². The first-order valence-electron chi connectivity index (χ1n) is 9.23. The number of aromatic amines is 1. The molecule has 3 N–H and O–H groups in total. The van der Waals surface area contributed by atoms with Crippen LogP contribution in [0.3, 0.4) is 0 Å². The van der Waals surface area contributed by atoms with Crippen LogP contribution in [0, 0.1) is 0 Å². The molecule has 0 bridgehead atoms. The van der Waals surface area contributed by atoms with E-state index in [1.807, 2.05) is 4.90 Å². The van der Waals surface area contributed by atoms with Gasteiger partial charge in [0.25, 0.3) is 5.56 Å². The van der Waals surface area contributed by atoms with Crippen LogP contribution in [-0.4, -0.2) is 31.6 Å². The number of benzene rings is 2. The summed E-state index contributed by atoms with van der Waals surface area (Å²) in [6, 6.07) is 9.09. The SMILES string of the molecule is O=c1[nH]c(-c2ccc(C(F)(F)F)cc2)nc2c1CN(Cc1ccc(O)c(O)c1)CC2. The van der Waals surface area contributed by atoms with Crippen LogP contribution >= 0.6 is 0 Å². The maximum atomic E-state index is 12.7. The molecule has 1 aliphatic rings. The van der Waals surface area contributed by atoms with Crippen LogP contribution in [0.4, 0.5) is 13.2 Å². The number of hydrogen-bond acceptors (Lipinski definition) is 5. The Morgan fingerprint density at radius 1 is 1.07 bits per heavy atom. The number of phenolic OH excluding ortho intramolecular Hbond substituents is 2. The quantitative estimate of drug-likeness (QED) is 0.569. The molecule has 0 atom stereocenters. The van der Waals surface area contributed by atoms with Crippen molar-refractivity contribution in [3.05, 3.63) is 75.2 Å². The largest absolute Gasteiger partial charge is 0.504 e. The fourth-order valence-electron chi connectivity index (χ4n) is 3.50. The molecular weight excluding hydrogens is 399 g/mol. The molecule has 2 heterocycles. The van der Waals surface area contributed by atoms with E-state index in [4.69, 9.17) is 0 Å². The van der Waals surface area contributed by atoms with Gasteiger partial charge < -0.3 is 15.2 Å². The van der Waals surface area contributed by atoms with Gasteiger partial charge in [-0.05, 0) is 29.8 Å². The van der Waals surface area contributed by atoms with Crippen molar-refractivity contribution in [2.75, 3.05) is 6.54 Å². The number of nitrogens with one attached hydrogen (secondary N) is 1. The fraction of sp³-hybridized carbons (Fsp3) is 0.238. The summed E-state index contributed by atoms with van der Waals surface area (Å²) in [7, 11) is 0. The topological polar surface area (TPSA) is 89.5 Å². The zero-order valence-electron chi connectivity index (χ0n) is 15.7. The van der Waals surface area contributed by atoms with Crippen molar-refractivity contribution >= 4 is 0 Å². The van der Waals surface area contributed by atoms with Crippen LogP contribution in [0.1, 0.15) is 22.4 Å². The zero-order valence-corrected chi connectivity index (χ0v) is 15.7. The Labute approximate surface area is 169 Å². The van der Waals surface area contributed by atoms with Crippen LogP contribution in [0.25, 0.3) is 11.4 Å². The molecular formula is C21H18F3N3O3. The molecule has 0 saturated heterocycles. The summed E-state index contributed by atoms with van der Waals surface area (Å²) in [4.78, 5) is 21.8. The Hall–Kier alpha value is -3.33. The minimum atomic E-state index is -4.42. The average molecular weight is 417 g/mol. The molecule has 3 aromatic rings. The monoisotopic (exact) mass is 417 g/mol. The highest BCUT2D eigenvalue weighted by atomic mass is 19.4. The Morgan fingerprint density at radius 3 is 2.47 bits per heavy atom. The first kappa shape index (κ1) is 20.0. The van der Waals surface area contributed by atoms with Gasteiger partial charge in [0.05, 0.1) is 16.8 Å². The van der Waals surface area contributed by atoms with Crippen molar-refractivity contribution in [2.24, 2.45) is 0 Å². The molecule has 0 radical (unpaired) electrons. The maximum absolute atomic E-state index is 12.7. The average Bonchev–Trinajstić information content (AvgIpc) is 2.70. The van der Waals surface area contributed by atoms with Crippen molar-refractivity contribution in [2.45, 2.75) is 25.7 Å². The molecule has 156 valence electrons. The Bertz CT molecular complexity index is 1140. The van der Waals surface area contributed by atoms with Gasteiger partial charge in [0.2, 0.25) is 0 Å². The third kappa shape index (κ3) is 4.02. The predicted molar refractivity (Wildman–Crippen MR) is 103 cm³/mol. The third-order valence-corrected chi connectivity index (χ3v) is 5.08. The summed E-state index contributed by atoms with van der Waals surface area (Å²) in [6.07, 6.45) is -3.91. The first-order chi connectivity index (χ1) is 14.2. The minimum Gasteiger partial charge on any atom is -0.504 e. The molecule has 1 aliphatic heterocycles. The van der Waals surface area contributed by atoms with E-state index in [1.165, 1.54) is 24.3 Å². The molecule has 4 rings (SSSR count). The van der Waals surface area contributed by atoms with Crippen LogP contribution in [0.2, 0.25) is 0 Å². The lowest BCUT2D eigenvalue weighted by Gasteiger charge is -2.27. The Kier molecular flexibility index (Phi) is 4.98. The van der Waals surface area contributed by atoms with Crippen molar-refractivity contribution in [1.82, 2.24) is 14.9 Å². The molecule has 0 unspecified atom stereocenters. The van der Waals surface area contributed by atoms with Gasteiger partial charge in [-0.15, -0.1) is 0 Å². The van der Waals surface area contributed by atoms with Crippen molar-refractivity contribution in [3.8, 4) is 22.9 Å². The lowest BCUT2D eigenvalue weighted by atomic mass is 10.0. The van der Waals surface area contributed by atoms with E-state index in [0.717, 1.165) is 17.7 Å². The van der Waals surface area contributed by atoms with Crippen LogP contribution in [0.5, 0.6) is 11.5 Å². The molecule has 6 nitrogen and oxygen atoms in total. The van der Waals surface area contributed by atoms with Gasteiger partial charge in [0.15, 0.2) is 11.5 Å². The lowest BCUT2D eigenvalue weighted by molar-refractivity contribution is -0.137.